The van der Waals surface area contributed by atoms with Crippen molar-refractivity contribution in [1.29, 1.82) is 0 Å². The first-order valence-electron chi connectivity index (χ1n) is 8.67. The van der Waals surface area contributed by atoms with Gasteiger partial charge in [-0.05, 0) is 37.8 Å². The van der Waals surface area contributed by atoms with Gasteiger partial charge in [0.25, 0.3) is 0 Å². The quantitative estimate of drug-likeness (QED) is 0.865. The summed E-state index contributed by atoms with van der Waals surface area (Å²) in [6.45, 7) is 2.57. The second-order valence-electron chi connectivity index (χ2n) is 6.58. The van der Waals surface area contributed by atoms with Crippen LogP contribution in [0.4, 0.5) is 5.69 Å². The number of carbonyl (C=O) groups is 2. The topological polar surface area (TPSA) is 58.6 Å². The minimum absolute atomic E-state index is 0.0673. The summed E-state index contributed by atoms with van der Waals surface area (Å²) in [5.74, 6) is 0.0977. The zero-order valence-corrected chi connectivity index (χ0v) is 15.5. The molecule has 136 valence electrons. The van der Waals surface area contributed by atoms with Gasteiger partial charge in [-0.3, -0.25) is 9.59 Å². The third kappa shape index (κ3) is 4.46. The van der Waals surface area contributed by atoms with Gasteiger partial charge in [0.05, 0.1) is 15.7 Å². The predicted molar refractivity (Wildman–Crippen MR) is 97.9 cm³/mol. The van der Waals surface area contributed by atoms with Crippen LogP contribution in [0.3, 0.4) is 0 Å². The van der Waals surface area contributed by atoms with E-state index in [2.05, 4.69) is 5.32 Å². The molecule has 5 nitrogen and oxygen atoms in total. The number of nitrogens with zero attached hydrogens (tertiary/aromatic N) is 1. The van der Waals surface area contributed by atoms with Crippen LogP contribution in [-0.2, 0) is 14.3 Å². The molecule has 1 N–H and O–H groups in total. The lowest BCUT2D eigenvalue weighted by molar-refractivity contribution is -0.141. The Balaban J connectivity index is 1.52. The fourth-order valence-corrected chi connectivity index (χ4v) is 3.75. The smallest absolute Gasteiger partial charge is 0.227 e. The number of nitrogens with one attached hydrogen (secondary N) is 1. The Labute approximate surface area is 157 Å². The maximum Gasteiger partial charge on any atom is 0.227 e. The highest BCUT2D eigenvalue weighted by Crippen LogP contribution is 2.31. The Morgan fingerprint density at radius 3 is 2.40 bits per heavy atom. The number of anilines is 1. The number of likely N-dealkylation sites (tertiary alicyclic amines) is 1. The van der Waals surface area contributed by atoms with E-state index in [1.807, 2.05) is 4.90 Å². The second kappa shape index (κ2) is 8.39. The highest BCUT2D eigenvalue weighted by atomic mass is 35.5. The molecule has 2 aliphatic heterocycles. The van der Waals surface area contributed by atoms with E-state index in [0.29, 0.717) is 54.9 Å². The molecule has 3 rings (SSSR count). The summed E-state index contributed by atoms with van der Waals surface area (Å²) in [7, 11) is 0. The van der Waals surface area contributed by atoms with Crippen LogP contribution in [0, 0.1) is 11.8 Å². The van der Waals surface area contributed by atoms with Crippen LogP contribution in [0.15, 0.2) is 18.2 Å². The van der Waals surface area contributed by atoms with Crippen LogP contribution >= 0.6 is 23.2 Å². The molecule has 0 radical (unpaired) electrons. The van der Waals surface area contributed by atoms with Gasteiger partial charge < -0.3 is 15.0 Å². The Kier molecular flexibility index (Phi) is 6.20. The van der Waals surface area contributed by atoms with E-state index in [1.54, 1.807) is 18.2 Å². The minimum atomic E-state index is -0.117. The molecular formula is C18H22Cl2N2O3. The molecule has 0 atom stereocenters. The molecule has 2 fully saturated rings. The number of carbonyl (C=O) groups excluding carboxylic acids is 2. The molecule has 2 saturated heterocycles. The first kappa shape index (κ1) is 18.5. The number of hydrogen-bond acceptors (Lipinski definition) is 3. The third-order valence-electron chi connectivity index (χ3n) is 4.96. The standard InChI is InChI=1S/C18H22Cl2N2O3/c19-14-2-1-3-15(16(14)20)21-17(23)12-4-8-22(9-5-12)18(24)13-6-10-25-11-7-13/h1-3,12-13H,4-11H2,(H,21,23). The van der Waals surface area contributed by atoms with Crippen molar-refractivity contribution in [3.63, 3.8) is 0 Å². The Morgan fingerprint density at radius 1 is 1.04 bits per heavy atom. The molecule has 0 aliphatic carbocycles. The van der Waals surface area contributed by atoms with E-state index in [9.17, 15) is 9.59 Å². The Hall–Kier alpha value is -1.30. The molecule has 0 spiro atoms. The SMILES string of the molecule is O=C(Nc1cccc(Cl)c1Cl)C1CCN(C(=O)C2CCOCC2)CC1. The van der Waals surface area contributed by atoms with Gasteiger partial charge in [0.2, 0.25) is 11.8 Å². The van der Waals surface area contributed by atoms with E-state index in [1.165, 1.54) is 0 Å². The van der Waals surface area contributed by atoms with E-state index < -0.39 is 0 Å². The molecule has 1 aromatic rings. The first-order chi connectivity index (χ1) is 12.1. The van der Waals surface area contributed by atoms with Crippen molar-refractivity contribution in [3.05, 3.63) is 28.2 Å². The Morgan fingerprint density at radius 2 is 1.72 bits per heavy atom. The van der Waals surface area contributed by atoms with Crippen LogP contribution in [-0.4, -0.2) is 43.0 Å². The first-order valence-corrected chi connectivity index (χ1v) is 9.43. The van der Waals surface area contributed by atoms with Crippen molar-refractivity contribution in [2.45, 2.75) is 25.7 Å². The third-order valence-corrected chi connectivity index (χ3v) is 5.78. The normalized spacial score (nSPS) is 19.7. The summed E-state index contributed by atoms with van der Waals surface area (Å²) < 4.78 is 5.32. The monoisotopic (exact) mass is 384 g/mol. The van der Waals surface area contributed by atoms with Crippen molar-refractivity contribution in [3.8, 4) is 0 Å². The molecule has 2 amide bonds. The maximum absolute atomic E-state index is 12.5. The molecule has 0 saturated carbocycles. The molecule has 2 heterocycles. The average molecular weight is 385 g/mol. The summed E-state index contributed by atoms with van der Waals surface area (Å²) in [6, 6.07) is 5.16. The summed E-state index contributed by atoms with van der Waals surface area (Å²) >= 11 is 12.1. The van der Waals surface area contributed by atoms with Gasteiger partial charge in [-0.25, -0.2) is 0 Å². The van der Waals surface area contributed by atoms with Gasteiger partial charge in [0.15, 0.2) is 0 Å². The second-order valence-corrected chi connectivity index (χ2v) is 7.36. The van der Waals surface area contributed by atoms with Gasteiger partial charge in [-0.1, -0.05) is 29.3 Å². The van der Waals surface area contributed by atoms with Gasteiger partial charge >= 0.3 is 0 Å². The lowest BCUT2D eigenvalue weighted by atomic mass is 9.93. The summed E-state index contributed by atoms with van der Waals surface area (Å²) in [6.07, 6.45) is 2.93. The number of halogens is 2. The molecule has 7 heteroatoms. The van der Waals surface area contributed by atoms with Crippen LogP contribution in [0.5, 0.6) is 0 Å². The molecule has 25 heavy (non-hydrogen) atoms. The molecular weight excluding hydrogens is 363 g/mol. The summed E-state index contributed by atoms with van der Waals surface area (Å²) in [5.41, 5.74) is 0.528. The highest BCUT2D eigenvalue weighted by molar-refractivity contribution is 6.44. The van der Waals surface area contributed by atoms with Crippen molar-refractivity contribution < 1.29 is 14.3 Å². The fraction of sp³-hybridized carbons (Fsp3) is 0.556. The number of rotatable bonds is 3. The van der Waals surface area contributed by atoms with E-state index in [-0.39, 0.29) is 23.7 Å². The summed E-state index contributed by atoms with van der Waals surface area (Å²) in [4.78, 5) is 26.9. The van der Waals surface area contributed by atoms with E-state index in [4.69, 9.17) is 27.9 Å². The molecule has 2 aliphatic rings. The van der Waals surface area contributed by atoms with Crippen molar-refractivity contribution >= 4 is 40.7 Å². The summed E-state index contributed by atoms with van der Waals surface area (Å²) in [5, 5.41) is 3.62. The zero-order valence-electron chi connectivity index (χ0n) is 14.0. The lowest BCUT2D eigenvalue weighted by Crippen LogP contribution is -2.45. The van der Waals surface area contributed by atoms with Gasteiger partial charge in [0.1, 0.15) is 0 Å². The van der Waals surface area contributed by atoms with Crippen molar-refractivity contribution in [1.82, 2.24) is 4.90 Å². The fourth-order valence-electron chi connectivity index (χ4n) is 3.40. The number of ether oxygens (including phenoxy) is 1. The molecule has 0 unspecified atom stereocenters. The van der Waals surface area contributed by atoms with Gasteiger partial charge in [0, 0.05) is 38.1 Å². The maximum atomic E-state index is 12.5. The number of benzene rings is 1. The zero-order chi connectivity index (χ0) is 17.8. The van der Waals surface area contributed by atoms with Crippen molar-refractivity contribution in [2.75, 3.05) is 31.6 Å². The number of amides is 2. The molecule has 0 aromatic heterocycles. The predicted octanol–water partition coefficient (Wildman–Crippen LogP) is 3.60. The molecule has 0 bridgehead atoms. The van der Waals surface area contributed by atoms with E-state index >= 15 is 0 Å². The lowest BCUT2D eigenvalue weighted by Gasteiger charge is -2.34. The highest BCUT2D eigenvalue weighted by Gasteiger charge is 2.31. The van der Waals surface area contributed by atoms with Crippen LogP contribution in [0.25, 0.3) is 0 Å². The number of hydrogen-bond donors (Lipinski definition) is 1. The van der Waals surface area contributed by atoms with Gasteiger partial charge in [-0.15, -0.1) is 0 Å². The Bertz CT molecular complexity index is 639. The van der Waals surface area contributed by atoms with Crippen molar-refractivity contribution in [2.24, 2.45) is 11.8 Å². The largest absolute Gasteiger partial charge is 0.381 e. The van der Waals surface area contributed by atoms with Crippen LogP contribution in [0.1, 0.15) is 25.7 Å². The number of piperidine rings is 1. The van der Waals surface area contributed by atoms with Crippen LogP contribution in [0.2, 0.25) is 10.0 Å². The molecule has 1 aromatic carbocycles. The minimum Gasteiger partial charge on any atom is -0.381 e. The average Bonchev–Trinajstić information content (AvgIpc) is 2.65. The van der Waals surface area contributed by atoms with E-state index in [0.717, 1.165) is 12.8 Å². The van der Waals surface area contributed by atoms with Gasteiger partial charge in [-0.2, -0.15) is 0 Å². The van der Waals surface area contributed by atoms with Crippen LogP contribution < -0.4 is 5.32 Å².